The van der Waals surface area contributed by atoms with Gasteiger partial charge in [0.05, 0.1) is 12.1 Å². The summed E-state index contributed by atoms with van der Waals surface area (Å²) in [6.45, 7) is 6.37. The maximum atomic E-state index is 13.8. The van der Waals surface area contributed by atoms with Gasteiger partial charge in [0, 0.05) is 25.2 Å². The minimum Gasteiger partial charge on any atom is -0.387 e. The summed E-state index contributed by atoms with van der Waals surface area (Å²) in [5, 5.41) is 10.3. The van der Waals surface area contributed by atoms with Crippen LogP contribution in [0.3, 0.4) is 0 Å². The standard InChI is InChI=1S/C17H25FN2O2/c1-3-19(4-2)17(22)15-10-7-11-20(15)12-16(21)13-8-5-6-9-14(13)18/h5-6,8-9,15-16,21H,3-4,7,10-12H2,1-2H3. The fourth-order valence-corrected chi connectivity index (χ4v) is 3.14. The molecule has 1 N–H and O–H groups in total. The van der Waals surface area contributed by atoms with Crippen molar-refractivity contribution in [3.05, 3.63) is 35.6 Å². The van der Waals surface area contributed by atoms with Crippen LogP contribution in [0.15, 0.2) is 24.3 Å². The lowest BCUT2D eigenvalue weighted by molar-refractivity contribution is -0.136. The van der Waals surface area contributed by atoms with Gasteiger partial charge in [0.1, 0.15) is 5.82 Å². The van der Waals surface area contributed by atoms with E-state index in [1.165, 1.54) is 6.07 Å². The van der Waals surface area contributed by atoms with E-state index in [9.17, 15) is 14.3 Å². The minimum atomic E-state index is -0.911. The molecule has 0 aliphatic carbocycles. The number of aliphatic hydroxyl groups excluding tert-OH is 1. The Morgan fingerprint density at radius 2 is 2.09 bits per heavy atom. The molecule has 1 fully saturated rings. The van der Waals surface area contributed by atoms with Crippen molar-refractivity contribution in [2.24, 2.45) is 0 Å². The number of hydrogen-bond donors (Lipinski definition) is 1. The third-order valence-electron chi connectivity index (χ3n) is 4.40. The number of halogens is 1. The molecule has 0 bridgehead atoms. The number of likely N-dealkylation sites (N-methyl/N-ethyl adjacent to an activating group) is 1. The maximum Gasteiger partial charge on any atom is 0.239 e. The maximum absolute atomic E-state index is 13.8. The number of rotatable bonds is 6. The molecule has 1 saturated heterocycles. The highest BCUT2D eigenvalue weighted by Gasteiger charge is 2.34. The fraction of sp³-hybridized carbons (Fsp3) is 0.588. The van der Waals surface area contributed by atoms with E-state index in [1.54, 1.807) is 18.2 Å². The Bertz CT molecular complexity index is 505. The molecule has 1 aromatic rings. The van der Waals surface area contributed by atoms with E-state index in [0.717, 1.165) is 19.4 Å². The van der Waals surface area contributed by atoms with Crippen LogP contribution in [0.1, 0.15) is 38.4 Å². The summed E-state index contributed by atoms with van der Waals surface area (Å²) in [5.41, 5.74) is 0.295. The molecule has 1 aliphatic heterocycles. The summed E-state index contributed by atoms with van der Waals surface area (Å²) >= 11 is 0. The predicted octanol–water partition coefficient (Wildman–Crippen LogP) is 2.19. The van der Waals surface area contributed by atoms with Crippen molar-refractivity contribution in [3.8, 4) is 0 Å². The van der Waals surface area contributed by atoms with Crippen molar-refractivity contribution in [3.63, 3.8) is 0 Å². The lowest BCUT2D eigenvalue weighted by atomic mass is 10.1. The number of hydrogen-bond acceptors (Lipinski definition) is 3. The Kier molecular flexibility index (Phi) is 5.91. The molecule has 1 aromatic carbocycles. The normalized spacial score (nSPS) is 20.1. The number of amides is 1. The molecule has 2 atom stereocenters. The lowest BCUT2D eigenvalue weighted by Crippen LogP contribution is -2.46. The van der Waals surface area contributed by atoms with Crippen molar-refractivity contribution in [1.29, 1.82) is 0 Å². The highest BCUT2D eigenvalue weighted by atomic mass is 19.1. The van der Waals surface area contributed by atoms with Gasteiger partial charge in [-0.2, -0.15) is 0 Å². The summed E-state index contributed by atoms with van der Waals surface area (Å²) in [7, 11) is 0. The Labute approximate surface area is 131 Å². The van der Waals surface area contributed by atoms with Crippen molar-refractivity contribution < 1.29 is 14.3 Å². The smallest absolute Gasteiger partial charge is 0.239 e. The second-order valence-electron chi connectivity index (χ2n) is 5.70. The molecule has 2 rings (SSSR count). The zero-order valence-corrected chi connectivity index (χ0v) is 13.3. The van der Waals surface area contributed by atoms with Crippen molar-refractivity contribution >= 4 is 5.91 Å². The zero-order valence-electron chi connectivity index (χ0n) is 13.3. The lowest BCUT2D eigenvalue weighted by Gasteiger charge is -2.30. The van der Waals surface area contributed by atoms with Gasteiger partial charge in [-0.05, 0) is 39.3 Å². The number of aliphatic hydroxyl groups is 1. The highest BCUT2D eigenvalue weighted by molar-refractivity contribution is 5.82. The molecule has 0 saturated carbocycles. The molecular formula is C17H25FN2O2. The van der Waals surface area contributed by atoms with E-state index in [-0.39, 0.29) is 11.9 Å². The van der Waals surface area contributed by atoms with Crippen molar-refractivity contribution in [1.82, 2.24) is 9.80 Å². The van der Waals surface area contributed by atoms with E-state index >= 15 is 0 Å². The van der Waals surface area contributed by atoms with Gasteiger partial charge in [-0.1, -0.05) is 18.2 Å². The van der Waals surface area contributed by atoms with Crippen molar-refractivity contribution in [2.75, 3.05) is 26.2 Å². The third-order valence-corrected chi connectivity index (χ3v) is 4.40. The van der Waals surface area contributed by atoms with E-state index < -0.39 is 11.9 Å². The quantitative estimate of drug-likeness (QED) is 0.876. The number of β-amino-alcohol motifs (C(OH)–C–C–N with tert-alkyl or cyclic N) is 1. The van der Waals surface area contributed by atoms with Gasteiger partial charge in [0.25, 0.3) is 0 Å². The molecule has 122 valence electrons. The SMILES string of the molecule is CCN(CC)C(=O)C1CCCN1CC(O)c1ccccc1F. The first kappa shape index (κ1) is 16.9. The topological polar surface area (TPSA) is 43.8 Å². The molecule has 5 heteroatoms. The van der Waals surface area contributed by atoms with Gasteiger partial charge in [-0.3, -0.25) is 9.69 Å². The first-order valence-electron chi connectivity index (χ1n) is 8.03. The van der Waals surface area contributed by atoms with Crippen LogP contribution >= 0.6 is 0 Å². The van der Waals surface area contributed by atoms with Gasteiger partial charge in [0.2, 0.25) is 5.91 Å². The first-order chi connectivity index (χ1) is 10.6. The second-order valence-corrected chi connectivity index (χ2v) is 5.70. The van der Waals surface area contributed by atoms with Gasteiger partial charge >= 0.3 is 0 Å². The second kappa shape index (κ2) is 7.70. The van der Waals surface area contributed by atoms with E-state index in [4.69, 9.17) is 0 Å². The van der Waals surface area contributed by atoms with E-state index in [2.05, 4.69) is 0 Å². The average Bonchev–Trinajstić information content (AvgIpc) is 2.96. The summed E-state index contributed by atoms with van der Waals surface area (Å²) in [5.74, 6) is -0.288. The molecule has 0 radical (unpaired) electrons. The summed E-state index contributed by atoms with van der Waals surface area (Å²) in [4.78, 5) is 16.3. The van der Waals surface area contributed by atoms with Crippen LogP contribution in [0.4, 0.5) is 4.39 Å². The first-order valence-corrected chi connectivity index (χ1v) is 8.03. The number of nitrogens with zero attached hydrogens (tertiary/aromatic N) is 2. The Hall–Kier alpha value is -1.46. The molecule has 0 aromatic heterocycles. The van der Waals surface area contributed by atoms with Gasteiger partial charge in [0.15, 0.2) is 0 Å². The molecule has 22 heavy (non-hydrogen) atoms. The van der Waals surface area contributed by atoms with Crippen LogP contribution in [0.25, 0.3) is 0 Å². The van der Waals surface area contributed by atoms with Crippen LogP contribution in [0.5, 0.6) is 0 Å². The molecule has 0 spiro atoms. The average molecular weight is 308 g/mol. The van der Waals surface area contributed by atoms with Gasteiger partial charge in [-0.15, -0.1) is 0 Å². The Balaban J connectivity index is 2.05. The van der Waals surface area contributed by atoms with E-state index in [1.807, 2.05) is 23.6 Å². The van der Waals surface area contributed by atoms with E-state index in [0.29, 0.717) is 25.2 Å². The van der Waals surface area contributed by atoms with Crippen LogP contribution in [0, 0.1) is 5.82 Å². The van der Waals surface area contributed by atoms with Crippen LogP contribution in [-0.2, 0) is 4.79 Å². The highest BCUT2D eigenvalue weighted by Crippen LogP contribution is 2.24. The Morgan fingerprint density at radius 1 is 1.41 bits per heavy atom. The third kappa shape index (κ3) is 3.65. The summed E-state index contributed by atoms with van der Waals surface area (Å²) in [6.07, 6.45) is 0.826. The number of benzene rings is 1. The molecule has 2 unspecified atom stereocenters. The van der Waals surface area contributed by atoms with Gasteiger partial charge < -0.3 is 10.0 Å². The molecule has 1 aliphatic rings. The minimum absolute atomic E-state index is 0.114. The monoisotopic (exact) mass is 308 g/mol. The van der Waals surface area contributed by atoms with Crippen molar-refractivity contribution in [2.45, 2.75) is 38.8 Å². The van der Waals surface area contributed by atoms with Crippen LogP contribution in [0.2, 0.25) is 0 Å². The number of carbonyl (C=O) groups is 1. The number of carbonyl (C=O) groups excluding carboxylic acids is 1. The molecule has 1 amide bonds. The molecule has 1 heterocycles. The fourth-order valence-electron chi connectivity index (χ4n) is 3.14. The largest absolute Gasteiger partial charge is 0.387 e. The van der Waals surface area contributed by atoms with Gasteiger partial charge in [-0.25, -0.2) is 4.39 Å². The Morgan fingerprint density at radius 3 is 2.73 bits per heavy atom. The predicted molar refractivity (Wildman–Crippen MR) is 83.9 cm³/mol. The molecular weight excluding hydrogens is 283 g/mol. The molecule has 4 nitrogen and oxygen atoms in total. The van der Waals surface area contributed by atoms with Crippen LogP contribution in [-0.4, -0.2) is 53.0 Å². The summed E-state index contributed by atoms with van der Waals surface area (Å²) in [6, 6.07) is 6.07. The van der Waals surface area contributed by atoms with Crippen LogP contribution < -0.4 is 0 Å². The summed E-state index contributed by atoms with van der Waals surface area (Å²) < 4.78 is 13.8. The zero-order chi connectivity index (χ0) is 16.1. The number of likely N-dealkylation sites (tertiary alicyclic amines) is 1.